The van der Waals surface area contributed by atoms with E-state index in [1.54, 1.807) is 7.11 Å². The molecule has 0 aromatic heterocycles. The molecule has 0 amide bonds. The van der Waals surface area contributed by atoms with Crippen LogP contribution in [-0.2, 0) is 5.75 Å². The molecule has 0 fully saturated rings. The van der Waals surface area contributed by atoms with Crippen LogP contribution < -0.4 is 10.1 Å². The summed E-state index contributed by atoms with van der Waals surface area (Å²) in [4.78, 5) is 0. The molecule has 2 rings (SSSR count). The van der Waals surface area contributed by atoms with Crippen molar-refractivity contribution < 1.29 is 4.74 Å². The summed E-state index contributed by atoms with van der Waals surface area (Å²) in [6.45, 7) is 5.59. The lowest BCUT2D eigenvalue weighted by Gasteiger charge is -2.26. The molecular weight excluding hydrogens is 322 g/mol. The molecule has 0 saturated carbocycles. The van der Waals surface area contributed by atoms with Gasteiger partial charge < -0.3 is 10.1 Å². The van der Waals surface area contributed by atoms with Crippen molar-refractivity contribution in [2.45, 2.75) is 32.1 Å². The Morgan fingerprint density at radius 2 is 2.26 bits per heavy atom. The zero-order valence-electron chi connectivity index (χ0n) is 11.8. The normalized spacial score (nSPS) is 22.7. The van der Waals surface area contributed by atoms with Crippen molar-refractivity contribution in [1.82, 2.24) is 5.32 Å². The summed E-state index contributed by atoms with van der Waals surface area (Å²) in [5.74, 6) is 3.87. The maximum Gasteiger partial charge on any atom is 0.124 e. The summed E-state index contributed by atoms with van der Waals surface area (Å²) in [5.41, 5.74) is 2.74. The Morgan fingerprint density at radius 3 is 2.95 bits per heavy atom. The Balaban J connectivity index is 2.47. The number of halogens is 1. The number of ether oxygens (including phenoxy) is 1. The van der Waals surface area contributed by atoms with E-state index in [9.17, 15) is 0 Å². The molecule has 1 heterocycles. The molecule has 4 heteroatoms. The van der Waals surface area contributed by atoms with E-state index in [1.165, 1.54) is 21.4 Å². The summed E-state index contributed by atoms with van der Waals surface area (Å²) in [6.07, 6.45) is 1.15. The Morgan fingerprint density at radius 1 is 1.47 bits per heavy atom. The van der Waals surface area contributed by atoms with Crippen LogP contribution in [0.4, 0.5) is 0 Å². The zero-order chi connectivity index (χ0) is 13.8. The third kappa shape index (κ3) is 3.29. The number of fused-ring (bicyclic) bond motifs is 1. The third-order valence-corrected chi connectivity index (χ3v) is 5.60. The van der Waals surface area contributed by atoms with Crippen LogP contribution in [0, 0.1) is 5.92 Å². The van der Waals surface area contributed by atoms with Crippen molar-refractivity contribution in [1.29, 1.82) is 0 Å². The molecule has 1 aliphatic rings. The van der Waals surface area contributed by atoms with Gasteiger partial charge in [-0.1, -0.05) is 29.8 Å². The summed E-state index contributed by atoms with van der Waals surface area (Å²) in [7, 11) is 1.77. The lowest BCUT2D eigenvalue weighted by molar-refractivity contribution is 0.372. The maximum atomic E-state index is 5.61. The van der Waals surface area contributed by atoms with Gasteiger partial charge in [-0.05, 0) is 42.3 Å². The second-order valence-corrected chi connectivity index (χ2v) is 6.95. The fraction of sp³-hybridized carbons (Fsp3) is 0.600. The summed E-state index contributed by atoms with van der Waals surface area (Å²) in [5, 5.41) is 3.70. The Labute approximate surface area is 128 Å². The lowest BCUT2D eigenvalue weighted by Crippen LogP contribution is -2.29. The second kappa shape index (κ2) is 7.00. The first-order chi connectivity index (χ1) is 9.19. The molecule has 19 heavy (non-hydrogen) atoms. The molecule has 1 N–H and O–H groups in total. The van der Waals surface area contributed by atoms with Gasteiger partial charge in [0.2, 0.25) is 0 Å². The Bertz CT molecular complexity index is 438. The van der Waals surface area contributed by atoms with E-state index >= 15 is 0 Å². The maximum absolute atomic E-state index is 5.61. The molecule has 2 atom stereocenters. The quantitative estimate of drug-likeness (QED) is 0.876. The fourth-order valence-corrected chi connectivity index (χ4v) is 4.48. The van der Waals surface area contributed by atoms with Crippen molar-refractivity contribution in [2.24, 2.45) is 5.92 Å². The van der Waals surface area contributed by atoms with Crippen molar-refractivity contribution in [2.75, 3.05) is 19.4 Å². The first kappa shape index (κ1) is 15.2. The molecule has 2 unspecified atom stereocenters. The van der Waals surface area contributed by atoms with Crippen LogP contribution in [0.25, 0.3) is 0 Å². The average molecular weight is 344 g/mol. The van der Waals surface area contributed by atoms with E-state index in [0.29, 0.717) is 12.0 Å². The zero-order valence-corrected chi connectivity index (χ0v) is 14.2. The van der Waals surface area contributed by atoms with Gasteiger partial charge in [0.25, 0.3) is 0 Å². The topological polar surface area (TPSA) is 21.3 Å². The molecule has 1 aromatic carbocycles. The predicted octanol–water partition coefficient (Wildman–Crippen LogP) is 4.38. The van der Waals surface area contributed by atoms with E-state index in [-0.39, 0.29) is 0 Å². The van der Waals surface area contributed by atoms with E-state index in [1.807, 2.05) is 11.8 Å². The van der Waals surface area contributed by atoms with Crippen LogP contribution in [0.3, 0.4) is 0 Å². The van der Waals surface area contributed by atoms with Gasteiger partial charge in [-0.15, -0.1) is 0 Å². The SMILES string of the molecule is CCCNC1c2c(OC)ccc(Br)c2CSCC1C. The highest BCUT2D eigenvalue weighted by molar-refractivity contribution is 9.10. The monoisotopic (exact) mass is 343 g/mol. The molecule has 106 valence electrons. The van der Waals surface area contributed by atoms with Gasteiger partial charge in [-0.2, -0.15) is 11.8 Å². The van der Waals surface area contributed by atoms with Crippen molar-refractivity contribution in [3.05, 3.63) is 27.7 Å². The predicted molar refractivity (Wildman–Crippen MR) is 87.1 cm³/mol. The minimum atomic E-state index is 0.386. The second-order valence-electron chi connectivity index (χ2n) is 5.07. The van der Waals surface area contributed by atoms with Gasteiger partial charge in [0, 0.05) is 21.8 Å². The highest BCUT2D eigenvalue weighted by Gasteiger charge is 2.28. The minimum absolute atomic E-state index is 0.386. The minimum Gasteiger partial charge on any atom is -0.496 e. The van der Waals surface area contributed by atoms with Gasteiger partial charge in [0.15, 0.2) is 0 Å². The number of hydrogen-bond donors (Lipinski definition) is 1. The highest BCUT2D eigenvalue weighted by atomic mass is 79.9. The van der Waals surface area contributed by atoms with Crippen molar-refractivity contribution in [3.63, 3.8) is 0 Å². The van der Waals surface area contributed by atoms with E-state index in [0.717, 1.165) is 24.5 Å². The number of benzene rings is 1. The van der Waals surface area contributed by atoms with Crippen molar-refractivity contribution >= 4 is 27.7 Å². The van der Waals surface area contributed by atoms with Crippen LogP contribution in [0.15, 0.2) is 16.6 Å². The summed E-state index contributed by atoms with van der Waals surface area (Å²) >= 11 is 5.71. The molecular formula is C15H22BrNOS. The van der Waals surface area contributed by atoms with E-state index in [2.05, 4.69) is 47.2 Å². The molecule has 0 spiro atoms. The van der Waals surface area contributed by atoms with Gasteiger partial charge >= 0.3 is 0 Å². The largest absolute Gasteiger partial charge is 0.496 e. The Hall–Kier alpha value is -0.190. The molecule has 0 radical (unpaired) electrons. The summed E-state index contributed by atoms with van der Waals surface area (Å²) < 4.78 is 6.81. The van der Waals surface area contributed by atoms with Crippen LogP contribution in [0.2, 0.25) is 0 Å². The van der Waals surface area contributed by atoms with Crippen LogP contribution >= 0.6 is 27.7 Å². The molecule has 2 nitrogen and oxygen atoms in total. The molecule has 0 aliphatic carbocycles. The number of nitrogens with one attached hydrogen (secondary N) is 1. The lowest BCUT2D eigenvalue weighted by atomic mass is 9.91. The molecule has 1 aliphatic heterocycles. The standard InChI is InChI=1S/C15H22BrNOS/c1-4-7-17-15-10(2)8-19-9-11-12(16)5-6-13(18-3)14(11)15/h5-6,10,15,17H,4,7-9H2,1-3H3. The van der Waals surface area contributed by atoms with Gasteiger partial charge in [-0.3, -0.25) is 0 Å². The first-order valence-corrected chi connectivity index (χ1v) is 8.80. The summed E-state index contributed by atoms with van der Waals surface area (Å²) in [6, 6.07) is 4.56. The number of methoxy groups -OCH3 is 1. The average Bonchev–Trinajstić information content (AvgIpc) is 2.57. The van der Waals surface area contributed by atoms with Crippen LogP contribution in [-0.4, -0.2) is 19.4 Å². The number of hydrogen-bond acceptors (Lipinski definition) is 3. The van der Waals surface area contributed by atoms with Gasteiger partial charge in [0.05, 0.1) is 7.11 Å². The van der Waals surface area contributed by atoms with E-state index < -0.39 is 0 Å². The van der Waals surface area contributed by atoms with E-state index in [4.69, 9.17) is 4.74 Å². The third-order valence-electron chi connectivity index (χ3n) is 3.60. The molecule has 0 bridgehead atoms. The Kier molecular flexibility index (Phi) is 5.60. The number of rotatable bonds is 4. The highest BCUT2D eigenvalue weighted by Crippen LogP contribution is 2.42. The van der Waals surface area contributed by atoms with Crippen LogP contribution in [0.1, 0.15) is 37.4 Å². The van der Waals surface area contributed by atoms with Gasteiger partial charge in [-0.25, -0.2) is 0 Å². The van der Waals surface area contributed by atoms with Crippen molar-refractivity contribution in [3.8, 4) is 5.75 Å². The smallest absolute Gasteiger partial charge is 0.124 e. The van der Waals surface area contributed by atoms with Gasteiger partial charge in [0.1, 0.15) is 5.75 Å². The fourth-order valence-electron chi connectivity index (χ4n) is 2.61. The number of thioether (sulfide) groups is 1. The van der Waals surface area contributed by atoms with Crippen LogP contribution in [0.5, 0.6) is 5.75 Å². The first-order valence-electron chi connectivity index (χ1n) is 6.85. The molecule has 0 saturated heterocycles. The molecule has 1 aromatic rings.